The van der Waals surface area contributed by atoms with Gasteiger partial charge in [-0.2, -0.15) is 11.8 Å². The molecule has 7 heteroatoms. The molecule has 1 atom stereocenters. The van der Waals surface area contributed by atoms with Crippen LogP contribution in [0.4, 0.5) is 0 Å². The zero-order chi connectivity index (χ0) is 16.7. The molecule has 1 aromatic heterocycles. The van der Waals surface area contributed by atoms with Crippen molar-refractivity contribution >= 4 is 41.7 Å². The Morgan fingerprint density at radius 2 is 2.21 bits per heavy atom. The lowest BCUT2D eigenvalue weighted by atomic mass is 9.99. The van der Waals surface area contributed by atoms with Gasteiger partial charge in [-0.1, -0.05) is 25.9 Å². The summed E-state index contributed by atoms with van der Waals surface area (Å²) in [6.07, 6.45) is 3.40. The van der Waals surface area contributed by atoms with Crippen molar-refractivity contribution in [1.29, 1.82) is 0 Å². The topological polar surface area (TPSA) is 53.7 Å². The molecule has 5 nitrogen and oxygen atoms in total. The average Bonchev–Trinajstić information content (AvgIpc) is 3.05. The van der Waals surface area contributed by atoms with Crippen LogP contribution in [0.2, 0.25) is 0 Å². The fourth-order valence-corrected chi connectivity index (χ4v) is 4.15. The van der Waals surface area contributed by atoms with Gasteiger partial charge in [0.2, 0.25) is 0 Å². The van der Waals surface area contributed by atoms with E-state index in [9.17, 15) is 0 Å². The van der Waals surface area contributed by atoms with Crippen molar-refractivity contribution in [2.45, 2.75) is 57.7 Å². The molecule has 1 fully saturated rings. The van der Waals surface area contributed by atoms with Gasteiger partial charge in [-0.3, -0.25) is 4.99 Å². The number of hydrogen-bond donors (Lipinski definition) is 1. The van der Waals surface area contributed by atoms with E-state index >= 15 is 0 Å². The molecule has 138 valence electrons. The highest BCUT2D eigenvalue weighted by Crippen LogP contribution is 2.23. The van der Waals surface area contributed by atoms with Gasteiger partial charge in [0.05, 0.1) is 12.2 Å². The normalized spacial score (nSPS) is 18.6. The number of halogens is 1. The smallest absolute Gasteiger partial charge is 0.194 e. The summed E-state index contributed by atoms with van der Waals surface area (Å²) in [6, 6.07) is 2.08. The Balaban J connectivity index is 0.00000288. The van der Waals surface area contributed by atoms with Crippen molar-refractivity contribution in [2.75, 3.05) is 25.9 Å². The van der Waals surface area contributed by atoms with Gasteiger partial charge in [-0.15, -0.1) is 24.0 Å². The third-order valence-electron chi connectivity index (χ3n) is 4.51. The molecule has 0 aromatic carbocycles. The largest absolute Gasteiger partial charge is 0.359 e. The Bertz CT molecular complexity index is 505. The molecule has 0 bridgehead atoms. The Labute approximate surface area is 167 Å². The molecule has 0 aliphatic carbocycles. The minimum absolute atomic E-state index is 0. The van der Waals surface area contributed by atoms with E-state index in [1.54, 1.807) is 0 Å². The molecule has 0 saturated carbocycles. The first kappa shape index (κ1) is 21.6. The number of thioether (sulfide) groups is 1. The average molecular weight is 466 g/mol. The molecule has 1 N–H and O–H groups in total. The molecule has 1 aliphatic rings. The first-order valence-corrected chi connectivity index (χ1v) is 9.79. The highest BCUT2D eigenvalue weighted by atomic mass is 127. The van der Waals surface area contributed by atoms with E-state index in [2.05, 4.69) is 59.0 Å². The van der Waals surface area contributed by atoms with E-state index in [1.807, 2.05) is 7.05 Å². The van der Waals surface area contributed by atoms with E-state index in [4.69, 9.17) is 4.52 Å². The first-order chi connectivity index (χ1) is 11.2. The molecule has 1 saturated heterocycles. The Morgan fingerprint density at radius 1 is 1.46 bits per heavy atom. The number of rotatable bonds is 6. The zero-order valence-corrected chi connectivity index (χ0v) is 18.4. The summed E-state index contributed by atoms with van der Waals surface area (Å²) in [6.45, 7) is 9.40. The van der Waals surface area contributed by atoms with E-state index in [0.29, 0.717) is 17.7 Å². The van der Waals surface area contributed by atoms with Gasteiger partial charge in [0.25, 0.3) is 0 Å². The van der Waals surface area contributed by atoms with Crippen LogP contribution in [-0.2, 0) is 6.54 Å². The summed E-state index contributed by atoms with van der Waals surface area (Å²) >= 11 is 2.07. The molecular formula is C17H31IN4OS. The van der Waals surface area contributed by atoms with Crippen LogP contribution in [0.25, 0.3) is 0 Å². The minimum Gasteiger partial charge on any atom is -0.359 e. The van der Waals surface area contributed by atoms with Crippen LogP contribution < -0.4 is 5.32 Å². The van der Waals surface area contributed by atoms with Crippen molar-refractivity contribution in [3.05, 3.63) is 17.5 Å². The molecule has 2 rings (SSSR count). The van der Waals surface area contributed by atoms with Gasteiger partial charge in [0.15, 0.2) is 11.7 Å². The van der Waals surface area contributed by atoms with Gasteiger partial charge in [-0.05, 0) is 19.3 Å². The lowest BCUT2D eigenvalue weighted by Gasteiger charge is -2.34. The summed E-state index contributed by atoms with van der Waals surface area (Å²) < 4.78 is 5.48. The molecule has 1 unspecified atom stereocenters. The minimum atomic E-state index is 0. The lowest BCUT2D eigenvalue weighted by Crippen LogP contribution is -2.47. The van der Waals surface area contributed by atoms with Crippen LogP contribution in [-0.4, -0.2) is 47.2 Å². The van der Waals surface area contributed by atoms with Crippen LogP contribution in [0.3, 0.4) is 0 Å². The highest BCUT2D eigenvalue weighted by Gasteiger charge is 2.21. The third-order valence-corrected chi connectivity index (χ3v) is 5.88. The molecule has 0 radical (unpaired) electrons. The molecule has 2 heterocycles. The van der Waals surface area contributed by atoms with Gasteiger partial charge in [0.1, 0.15) is 0 Å². The van der Waals surface area contributed by atoms with Crippen molar-refractivity contribution in [1.82, 2.24) is 15.4 Å². The molecule has 1 aliphatic heterocycles. The molecular weight excluding hydrogens is 435 g/mol. The van der Waals surface area contributed by atoms with Crippen molar-refractivity contribution in [3.63, 3.8) is 0 Å². The Hall–Kier alpha value is -0.440. The number of aromatic nitrogens is 1. The van der Waals surface area contributed by atoms with Gasteiger partial charge in [0, 0.05) is 43.1 Å². The maximum Gasteiger partial charge on any atom is 0.194 e. The Morgan fingerprint density at radius 3 is 2.83 bits per heavy atom. The van der Waals surface area contributed by atoms with E-state index in [0.717, 1.165) is 43.3 Å². The Kier molecular flexibility index (Phi) is 10.1. The third kappa shape index (κ3) is 5.82. The second-order valence-corrected chi connectivity index (χ2v) is 7.39. The second-order valence-electron chi connectivity index (χ2n) is 5.98. The van der Waals surface area contributed by atoms with Crippen LogP contribution in [0, 0.1) is 0 Å². The fourth-order valence-electron chi connectivity index (χ4n) is 2.97. The summed E-state index contributed by atoms with van der Waals surface area (Å²) in [5.74, 6) is 3.51. The monoisotopic (exact) mass is 466 g/mol. The van der Waals surface area contributed by atoms with Crippen LogP contribution in [0.1, 0.15) is 57.4 Å². The maximum atomic E-state index is 5.48. The number of aliphatic imine (C=N–C) groups is 1. The van der Waals surface area contributed by atoms with E-state index in [-0.39, 0.29) is 24.0 Å². The van der Waals surface area contributed by atoms with Crippen molar-refractivity contribution in [3.8, 4) is 0 Å². The SMILES string of the molecule is CCC1CN(C(=NC)NCc2cc(C(CC)CC)no2)CCS1.I. The number of nitrogens with zero attached hydrogens (tertiary/aromatic N) is 3. The van der Waals surface area contributed by atoms with Gasteiger partial charge >= 0.3 is 0 Å². The molecule has 0 spiro atoms. The summed E-state index contributed by atoms with van der Waals surface area (Å²) in [4.78, 5) is 6.78. The van der Waals surface area contributed by atoms with Gasteiger partial charge < -0.3 is 14.7 Å². The zero-order valence-electron chi connectivity index (χ0n) is 15.2. The first-order valence-electron chi connectivity index (χ1n) is 8.74. The number of nitrogens with one attached hydrogen (secondary N) is 1. The van der Waals surface area contributed by atoms with E-state index < -0.39 is 0 Å². The lowest BCUT2D eigenvalue weighted by molar-refractivity contribution is 0.361. The standard InChI is InChI=1S/C17H30N4OS.HI/c1-5-13(6-2)16-10-14(22-20-16)11-19-17(18-4)21-8-9-23-15(7-3)12-21;/h10,13,15H,5-9,11-12H2,1-4H3,(H,18,19);1H. The summed E-state index contributed by atoms with van der Waals surface area (Å²) in [7, 11) is 1.85. The summed E-state index contributed by atoms with van der Waals surface area (Å²) in [5, 5.41) is 8.35. The predicted octanol–water partition coefficient (Wildman–Crippen LogP) is 4.10. The van der Waals surface area contributed by atoms with Gasteiger partial charge in [-0.25, -0.2) is 0 Å². The summed E-state index contributed by atoms with van der Waals surface area (Å²) in [5.41, 5.74) is 1.07. The van der Waals surface area contributed by atoms with Crippen LogP contribution in [0.15, 0.2) is 15.6 Å². The van der Waals surface area contributed by atoms with Crippen molar-refractivity contribution < 1.29 is 4.52 Å². The maximum absolute atomic E-state index is 5.48. The molecule has 1 aromatic rings. The van der Waals surface area contributed by atoms with Crippen LogP contribution in [0.5, 0.6) is 0 Å². The van der Waals surface area contributed by atoms with Crippen LogP contribution >= 0.6 is 35.7 Å². The molecule has 24 heavy (non-hydrogen) atoms. The molecule has 0 amide bonds. The second kappa shape index (κ2) is 11.2. The quantitative estimate of drug-likeness (QED) is 0.389. The highest BCUT2D eigenvalue weighted by molar-refractivity contribution is 14.0. The predicted molar refractivity (Wildman–Crippen MR) is 114 cm³/mol. The number of hydrogen-bond acceptors (Lipinski definition) is 4. The number of guanidine groups is 1. The fraction of sp³-hybridized carbons (Fsp3) is 0.765. The van der Waals surface area contributed by atoms with Crippen molar-refractivity contribution in [2.24, 2.45) is 4.99 Å². The van der Waals surface area contributed by atoms with E-state index in [1.165, 1.54) is 12.2 Å².